The maximum Gasteiger partial charge on any atom is 0.0407 e. The van der Waals surface area contributed by atoms with Crippen molar-refractivity contribution in [2.24, 2.45) is 0 Å². The summed E-state index contributed by atoms with van der Waals surface area (Å²) in [5, 5.41) is 43.0. The van der Waals surface area contributed by atoms with Gasteiger partial charge in [0.15, 0.2) is 0 Å². The van der Waals surface area contributed by atoms with Crippen LogP contribution < -0.4 is 0 Å². The van der Waals surface area contributed by atoms with Crippen LogP contribution in [-0.4, -0.2) is 0 Å². The van der Waals surface area contributed by atoms with Gasteiger partial charge < -0.3 is 0 Å². The molecular weight excluding hydrogens is 1550 g/mol. The lowest BCUT2D eigenvalue weighted by atomic mass is 9.88. The first-order chi connectivity index (χ1) is 62.2. The van der Waals surface area contributed by atoms with Gasteiger partial charge in [-0.15, -0.1) is 22.7 Å². The average Bonchev–Trinajstić information content (AvgIpc) is 0.898. The van der Waals surface area contributed by atoms with Gasteiger partial charge in [-0.05, 0) is 416 Å². The smallest absolute Gasteiger partial charge is 0.0407 e. The molecule has 0 aliphatic heterocycles. The standard InChI is InChI=1S/C50H46.C34H38.C22H14.C18H10S2/c1-3-5-7-9-15-37-21-25-39(26-22-37)29-31-45-47-33-41-17-11-13-19-43(41)35-49(47)46(50-36-44-20-14-12-18-42(44)34-48(45)50)32-30-40-27-23-38(24-28-40)16-10-8-6-4-2;1-3-5-7-9-11-25-13-15-27-19-31-24-34-22-30-18-26(12-10-8-6-4-2)14-16-28(30)20-32(34)23-33(31)21-29(27)17-25;1-2-6-16-10-20-14-22-12-18-8-4-3-7-17(18)11-21(22)13-19(20)9-15(16)5-1;1-3-19-17-9-15-8-14-6-12-2-4-20-18(12)10-16(14)7-13(15)5-11(1)17/h11-14,17-28,33-36H,3-10,15-16H2,1-2H3;13-24H,3-12H2,1-2H3;1-14H;1-10H. The molecular formula is C124H108S2. The van der Waals surface area contributed by atoms with Gasteiger partial charge in [0.05, 0.1) is 0 Å². The Hall–Kier alpha value is -12.9. The summed E-state index contributed by atoms with van der Waals surface area (Å²) in [5.74, 6) is 14.5. The summed E-state index contributed by atoms with van der Waals surface area (Å²) in [6.07, 6.45) is 25.5. The van der Waals surface area contributed by atoms with Gasteiger partial charge in [0.1, 0.15) is 0 Å². The fraction of sp³-hybridized carbons (Fsp3) is 0.194. The van der Waals surface area contributed by atoms with E-state index in [0.29, 0.717) is 0 Å². The molecule has 2 heterocycles. The molecule has 0 amide bonds. The minimum Gasteiger partial charge on any atom is -0.144 e. The molecule has 22 rings (SSSR count). The Kier molecular flexibility index (Phi) is 25.4. The van der Waals surface area contributed by atoms with Crippen LogP contribution in [0.25, 0.3) is 171 Å². The van der Waals surface area contributed by atoms with Gasteiger partial charge in [0.2, 0.25) is 0 Å². The van der Waals surface area contributed by atoms with Gasteiger partial charge in [0, 0.05) is 31.7 Å². The van der Waals surface area contributed by atoms with Gasteiger partial charge in [-0.1, -0.05) is 286 Å². The van der Waals surface area contributed by atoms with Crippen LogP contribution in [0, 0.1) is 23.7 Å². The minimum atomic E-state index is 1.04. The van der Waals surface area contributed by atoms with E-state index in [2.05, 4.69) is 390 Å². The molecule has 0 saturated heterocycles. The van der Waals surface area contributed by atoms with Crippen LogP contribution in [0.3, 0.4) is 0 Å². The van der Waals surface area contributed by atoms with Crippen LogP contribution >= 0.6 is 22.7 Å². The topological polar surface area (TPSA) is 0 Å². The molecule has 0 nitrogen and oxygen atoms in total. The number of thiophene rings is 2. The molecule has 0 unspecified atom stereocenters. The molecule has 0 fully saturated rings. The van der Waals surface area contributed by atoms with Crippen LogP contribution in [0.4, 0.5) is 0 Å². The Balaban J connectivity index is 0.000000117. The summed E-state index contributed by atoms with van der Waals surface area (Å²) >= 11 is 3.63. The number of rotatable bonds is 20. The lowest BCUT2D eigenvalue weighted by Crippen LogP contribution is -1.92. The predicted octanol–water partition coefficient (Wildman–Crippen LogP) is 36.6. The molecule has 2 aromatic heterocycles. The van der Waals surface area contributed by atoms with Crippen molar-refractivity contribution in [1.29, 1.82) is 0 Å². The van der Waals surface area contributed by atoms with Gasteiger partial charge in [-0.3, -0.25) is 0 Å². The second-order valence-corrected chi connectivity index (χ2v) is 37.0. The van der Waals surface area contributed by atoms with Crippen LogP contribution in [0.15, 0.2) is 338 Å². The second kappa shape index (κ2) is 38.7. The molecule has 126 heavy (non-hydrogen) atoms. The van der Waals surface area contributed by atoms with Crippen molar-refractivity contribution in [3.8, 4) is 23.7 Å². The van der Waals surface area contributed by atoms with E-state index in [0.717, 1.165) is 56.6 Å². The maximum atomic E-state index is 3.69. The van der Waals surface area contributed by atoms with Crippen molar-refractivity contribution in [3.63, 3.8) is 0 Å². The summed E-state index contributed by atoms with van der Waals surface area (Å²) < 4.78 is 2.74. The Morgan fingerprint density at radius 2 is 0.397 bits per heavy atom. The Bertz CT molecular complexity index is 7170. The molecule has 0 atom stereocenters. The first-order valence-corrected chi connectivity index (χ1v) is 48.3. The summed E-state index contributed by atoms with van der Waals surface area (Å²) in [6.45, 7) is 9.09. The number of hydrogen-bond donors (Lipinski definition) is 0. The molecule has 0 radical (unpaired) electrons. The molecule has 0 N–H and O–H groups in total. The van der Waals surface area contributed by atoms with Crippen molar-refractivity contribution in [1.82, 2.24) is 0 Å². The first kappa shape index (κ1) is 82.7. The highest BCUT2D eigenvalue weighted by Gasteiger charge is 2.17. The molecule has 0 spiro atoms. The zero-order valence-electron chi connectivity index (χ0n) is 73.3. The largest absolute Gasteiger partial charge is 0.144 e. The van der Waals surface area contributed by atoms with E-state index in [9.17, 15) is 0 Å². The highest BCUT2D eigenvalue weighted by atomic mass is 32.1. The summed E-state index contributed by atoms with van der Waals surface area (Å²) in [6, 6.07) is 122. The van der Waals surface area contributed by atoms with Crippen LogP contribution in [0.2, 0.25) is 0 Å². The molecule has 0 saturated carbocycles. The van der Waals surface area contributed by atoms with E-state index < -0.39 is 0 Å². The zero-order valence-corrected chi connectivity index (χ0v) is 74.9. The normalized spacial score (nSPS) is 11.5. The van der Waals surface area contributed by atoms with E-state index in [1.54, 1.807) is 0 Å². The zero-order chi connectivity index (χ0) is 85.1. The van der Waals surface area contributed by atoms with Crippen LogP contribution in [0.1, 0.15) is 175 Å². The lowest BCUT2D eigenvalue weighted by molar-refractivity contribution is 0.667. The molecule has 0 aliphatic carbocycles. The molecule has 22 aromatic rings. The Morgan fingerprint density at radius 3 is 0.675 bits per heavy atom. The molecule has 2 heteroatoms. The quantitative estimate of drug-likeness (QED) is 0.0405. The first-order valence-electron chi connectivity index (χ1n) is 46.5. The third-order valence-corrected chi connectivity index (χ3v) is 27.8. The highest BCUT2D eigenvalue weighted by Crippen LogP contribution is 2.40. The maximum absolute atomic E-state index is 3.69. The third kappa shape index (κ3) is 18.9. The fourth-order valence-electron chi connectivity index (χ4n) is 18.9. The lowest BCUT2D eigenvalue weighted by Gasteiger charge is -2.14. The van der Waals surface area contributed by atoms with Gasteiger partial charge >= 0.3 is 0 Å². The molecule has 0 bridgehead atoms. The summed E-state index contributed by atoms with van der Waals surface area (Å²) in [7, 11) is 0. The second-order valence-electron chi connectivity index (χ2n) is 35.1. The van der Waals surface area contributed by atoms with E-state index in [4.69, 9.17) is 0 Å². The molecule has 0 aliphatic rings. The van der Waals surface area contributed by atoms with Crippen molar-refractivity contribution < 1.29 is 0 Å². The van der Waals surface area contributed by atoms with Gasteiger partial charge in [0.25, 0.3) is 0 Å². The number of hydrogen-bond acceptors (Lipinski definition) is 2. The summed E-state index contributed by atoms with van der Waals surface area (Å²) in [4.78, 5) is 0. The van der Waals surface area contributed by atoms with E-state index in [1.165, 1.54) is 287 Å². The van der Waals surface area contributed by atoms with Gasteiger partial charge in [-0.2, -0.15) is 0 Å². The molecule has 616 valence electrons. The predicted molar refractivity (Wildman–Crippen MR) is 558 cm³/mol. The number of benzene rings is 20. The Labute approximate surface area is 750 Å². The van der Waals surface area contributed by atoms with E-state index in [1.807, 2.05) is 22.7 Å². The van der Waals surface area contributed by atoms with Gasteiger partial charge in [-0.25, -0.2) is 0 Å². The Morgan fingerprint density at radius 1 is 0.175 bits per heavy atom. The SMILES string of the molecule is CCCCCCc1ccc(C#Cc2c3cc4ccccc4cc3c(C#Cc3ccc(CCCCCC)cc3)c3cc4ccccc4cc23)cc1.CCCCCCc1ccc2cc3cc4cc5cc(CCCCCC)ccc5cc4cc3cc2c1.c1cc2cc3cc4cc5sccc5cc4cc3cc2s1.c1ccc2cc3cc4cc5ccccc5cc4cc3cc2c1. The van der Waals surface area contributed by atoms with E-state index >= 15 is 0 Å². The minimum absolute atomic E-state index is 1.04. The molecule has 20 aromatic carbocycles. The van der Waals surface area contributed by atoms with Crippen molar-refractivity contribution in [2.45, 2.75) is 156 Å². The van der Waals surface area contributed by atoms with Crippen LogP contribution in [0.5, 0.6) is 0 Å². The van der Waals surface area contributed by atoms with Crippen molar-refractivity contribution in [3.05, 3.63) is 383 Å². The van der Waals surface area contributed by atoms with Crippen molar-refractivity contribution >= 4 is 194 Å². The third-order valence-electron chi connectivity index (χ3n) is 26.0. The number of aryl methyl sites for hydroxylation is 4. The van der Waals surface area contributed by atoms with Crippen molar-refractivity contribution in [2.75, 3.05) is 0 Å². The summed E-state index contributed by atoms with van der Waals surface area (Å²) in [5.41, 5.74) is 9.95. The van der Waals surface area contributed by atoms with E-state index in [-0.39, 0.29) is 0 Å². The van der Waals surface area contributed by atoms with Crippen LogP contribution in [-0.2, 0) is 25.7 Å². The highest BCUT2D eigenvalue weighted by molar-refractivity contribution is 7.17. The number of fused-ring (bicyclic) bond motifs is 16. The average molecular weight is 1660 g/mol. The monoisotopic (exact) mass is 1660 g/mol. The fourth-order valence-corrected chi connectivity index (χ4v) is 20.5. The number of unbranched alkanes of at least 4 members (excludes halogenated alkanes) is 12.